The molecule has 1 aliphatic carbocycles. The summed E-state index contributed by atoms with van der Waals surface area (Å²) in [5, 5.41) is 5.42. The molecule has 7 heteroatoms. The molecule has 0 radical (unpaired) electrons. The van der Waals surface area contributed by atoms with Gasteiger partial charge in [0.15, 0.2) is 9.84 Å². The van der Waals surface area contributed by atoms with Gasteiger partial charge < -0.3 is 15.4 Å². The molecule has 2 fully saturated rings. The molecule has 122 valence electrons. The van der Waals surface area contributed by atoms with Gasteiger partial charge in [-0.25, -0.2) is 13.2 Å². The van der Waals surface area contributed by atoms with Gasteiger partial charge in [-0.2, -0.15) is 0 Å². The molecule has 1 aliphatic heterocycles. The molecule has 2 amide bonds. The number of sulfone groups is 1. The summed E-state index contributed by atoms with van der Waals surface area (Å²) in [5.41, 5.74) is 0. The van der Waals surface area contributed by atoms with E-state index in [4.69, 9.17) is 4.74 Å². The van der Waals surface area contributed by atoms with E-state index in [0.717, 1.165) is 6.42 Å². The van der Waals surface area contributed by atoms with Gasteiger partial charge in [0.05, 0.1) is 24.2 Å². The number of carbonyl (C=O) groups is 1. The summed E-state index contributed by atoms with van der Waals surface area (Å²) in [6.45, 7) is 3.17. The molecular formula is C14H26N2O4S. The molecule has 0 aromatic carbocycles. The molecule has 0 aromatic heterocycles. The van der Waals surface area contributed by atoms with Crippen molar-refractivity contribution in [3.63, 3.8) is 0 Å². The summed E-state index contributed by atoms with van der Waals surface area (Å²) in [7, 11) is -2.95. The fourth-order valence-electron chi connectivity index (χ4n) is 3.05. The maximum Gasteiger partial charge on any atom is 0.315 e. The zero-order valence-electron chi connectivity index (χ0n) is 12.6. The number of amides is 2. The molecule has 0 bridgehead atoms. The second kappa shape index (κ2) is 7.45. The van der Waals surface area contributed by atoms with Crippen molar-refractivity contribution in [1.29, 1.82) is 0 Å². The van der Waals surface area contributed by atoms with Gasteiger partial charge in [0.1, 0.15) is 0 Å². The first-order valence-electron chi connectivity index (χ1n) is 7.83. The van der Waals surface area contributed by atoms with Crippen LogP contribution in [0.4, 0.5) is 4.79 Å². The lowest BCUT2D eigenvalue weighted by atomic mass is 9.88. The monoisotopic (exact) mass is 318 g/mol. The summed E-state index contributed by atoms with van der Waals surface area (Å²) in [6, 6.07) is -0.563. The van der Waals surface area contributed by atoms with E-state index in [1.165, 1.54) is 19.3 Å². The standard InChI is InChI=1S/C14H26N2O4S/c1-11-4-2-3-5-13(11)20-8-7-15-14(17)16-12-6-9-21(18,19)10-12/h11-13H,2-10H2,1H3,(H2,15,16,17)/t11-,12+,13-/m1/s1. The third-order valence-corrected chi connectivity index (χ3v) is 6.09. The largest absolute Gasteiger partial charge is 0.376 e. The van der Waals surface area contributed by atoms with Crippen LogP contribution in [0.2, 0.25) is 0 Å². The predicted octanol–water partition coefficient (Wildman–Crippen LogP) is 1.07. The Morgan fingerprint density at radius 3 is 2.67 bits per heavy atom. The van der Waals surface area contributed by atoms with Crippen LogP contribution in [0.3, 0.4) is 0 Å². The Labute approximate surface area is 126 Å². The fraction of sp³-hybridized carbons (Fsp3) is 0.929. The van der Waals surface area contributed by atoms with E-state index in [1.807, 2.05) is 0 Å². The van der Waals surface area contributed by atoms with Crippen LogP contribution in [-0.4, -0.2) is 51.3 Å². The summed E-state index contributed by atoms with van der Waals surface area (Å²) in [4.78, 5) is 11.7. The summed E-state index contributed by atoms with van der Waals surface area (Å²) in [6.07, 6.45) is 5.64. The normalized spacial score (nSPS) is 31.8. The smallest absolute Gasteiger partial charge is 0.315 e. The maximum atomic E-state index is 11.7. The third-order valence-electron chi connectivity index (χ3n) is 4.32. The van der Waals surface area contributed by atoms with Crippen LogP contribution in [0.15, 0.2) is 0 Å². The van der Waals surface area contributed by atoms with Crippen LogP contribution in [0, 0.1) is 5.92 Å². The second-order valence-corrected chi connectivity index (χ2v) is 8.40. The Morgan fingerprint density at radius 2 is 2.00 bits per heavy atom. The van der Waals surface area contributed by atoms with Crippen molar-refractivity contribution in [2.75, 3.05) is 24.7 Å². The van der Waals surface area contributed by atoms with E-state index in [-0.39, 0.29) is 23.6 Å². The topological polar surface area (TPSA) is 84.5 Å². The first-order chi connectivity index (χ1) is 9.96. The highest BCUT2D eigenvalue weighted by Gasteiger charge is 2.28. The van der Waals surface area contributed by atoms with Gasteiger partial charge in [0.2, 0.25) is 0 Å². The zero-order valence-corrected chi connectivity index (χ0v) is 13.5. The van der Waals surface area contributed by atoms with Gasteiger partial charge in [0.25, 0.3) is 0 Å². The number of carbonyl (C=O) groups excluding carboxylic acids is 1. The molecule has 6 nitrogen and oxygen atoms in total. The minimum Gasteiger partial charge on any atom is -0.376 e. The van der Waals surface area contributed by atoms with Crippen LogP contribution in [0.5, 0.6) is 0 Å². The second-order valence-electron chi connectivity index (χ2n) is 6.17. The van der Waals surface area contributed by atoms with Crippen molar-refractivity contribution in [2.45, 2.75) is 51.2 Å². The van der Waals surface area contributed by atoms with Gasteiger partial charge in [-0.15, -0.1) is 0 Å². The highest BCUT2D eigenvalue weighted by atomic mass is 32.2. The fourth-order valence-corrected chi connectivity index (χ4v) is 4.72. The van der Waals surface area contributed by atoms with Gasteiger partial charge >= 0.3 is 6.03 Å². The molecule has 3 atom stereocenters. The zero-order chi connectivity index (χ0) is 15.3. The molecule has 1 saturated heterocycles. The molecule has 2 rings (SSSR count). The van der Waals surface area contributed by atoms with Gasteiger partial charge in [-0.05, 0) is 25.2 Å². The first-order valence-corrected chi connectivity index (χ1v) is 9.65. The van der Waals surface area contributed by atoms with Crippen LogP contribution in [0.25, 0.3) is 0 Å². The maximum absolute atomic E-state index is 11.7. The molecule has 1 saturated carbocycles. The quantitative estimate of drug-likeness (QED) is 0.743. The van der Waals surface area contributed by atoms with E-state index < -0.39 is 9.84 Å². The highest BCUT2D eigenvalue weighted by molar-refractivity contribution is 7.91. The Balaban J connectivity index is 1.57. The molecule has 21 heavy (non-hydrogen) atoms. The van der Waals surface area contributed by atoms with E-state index in [9.17, 15) is 13.2 Å². The van der Waals surface area contributed by atoms with Crippen molar-refractivity contribution in [2.24, 2.45) is 5.92 Å². The number of urea groups is 1. The van der Waals surface area contributed by atoms with E-state index in [0.29, 0.717) is 31.6 Å². The van der Waals surface area contributed by atoms with Crippen molar-refractivity contribution in [1.82, 2.24) is 10.6 Å². The summed E-state index contributed by atoms with van der Waals surface area (Å²) >= 11 is 0. The Hall–Kier alpha value is -0.820. The van der Waals surface area contributed by atoms with Gasteiger partial charge in [0, 0.05) is 12.6 Å². The molecular weight excluding hydrogens is 292 g/mol. The lowest BCUT2D eigenvalue weighted by Crippen LogP contribution is -2.44. The number of nitrogens with one attached hydrogen (secondary N) is 2. The average Bonchev–Trinajstić information content (AvgIpc) is 2.76. The van der Waals surface area contributed by atoms with Crippen LogP contribution in [0.1, 0.15) is 39.0 Å². The van der Waals surface area contributed by atoms with Gasteiger partial charge in [-0.1, -0.05) is 19.8 Å². The van der Waals surface area contributed by atoms with Crippen LogP contribution >= 0.6 is 0 Å². The Bertz CT molecular complexity index is 452. The molecule has 2 N–H and O–H groups in total. The number of hydrogen-bond donors (Lipinski definition) is 2. The lowest BCUT2D eigenvalue weighted by Gasteiger charge is -2.28. The minimum atomic E-state index is -2.95. The number of rotatable bonds is 5. The molecule has 0 aromatic rings. The van der Waals surface area contributed by atoms with E-state index in [2.05, 4.69) is 17.6 Å². The number of ether oxygens (including phenoxy) is 1. The molecule has 2 aliphatic rings. The van der Waals surface area contributed by atoms with Crippen LogP contribution < -0.4 is 10.6 Å². The SMILES string of the molecule is C[C@@H]1CCCC[C@H]1OCCNC(=O)N[C@H]1CCS(=O)(=O)C1. The Kier molecular flexibility index (Phi) is 5.87. The lowest BCUT2D eigenvalue weighted by molar-refractivity contribution is -0.00244. The predicted molar refractivity (Wildman–Crippen MR) is 81.0 cm³/mol. The molecule has 1 heterocycles. The highest BCUT2D eigenvalue weighted by Crippen LogP contribution is 2.25. The van der Waals surface area contributed by atoms with E-state index in [1.54, 1.807) is 0 Å². The third kappa shape index (κ3) is 5.47. The van der Waals surface area contributed by atoms with Crippen molar-refractivity contribution in [3.8, 4) is 0 Å². The van der Waals surface area contributed by atoms with E-state index >= 15 is 0 Å². The molecule has 0 unspecified atom stereocenters. The number of hydrogen-bond acceptors (Lipinski definition) is 4. The first kappa shape index (κ1) is 16.5. The summed E-state index contributed by atoms with van der Waals surface area (Å²) in [5.74, 6) is 0.813. The summed E-state index contributed by atoms with van der Waals surface area (Å²) < 4.78 is 28.4. The Morgan fingerprint density at radius 1 is 1.24 bits per heavy atom. The van der Waals surface area contributed by atoms with Crippen LogP contribution in [-0.2, 0) is 14.6 Å². The van der Waals surface area contributed by atoms with Crippen molar-refractivity contribution >= 4 is 15.9 Å². The minimum absolute atomic E-state index is 0.0521. The van der Waals surface area contributed by atoms with Crippen molar-refractivity contribution < 1.29 is 17.9 Å². The molecule has 0 spiro atoms. The average molecular weight is 318 g/mol. The van der Waals surface area contributed by atoms with Crippen molar-refractivity contribution in [3.05, 3.63) is 0 Å². The van der Waals surface area contributed by atoms with Gasteiger partial charge in [-0.3, -0.25) is 0 Å².